The summed E-state index contributed by atoms with van der Waals surface area (Å²) in [6, 6.07) is 9.31. The van der Waals surface area contributed by atoms with Crippen LogP contribution in [0.3, 0.4) is 0 Å². The van der Waals surface area contributed by atoms with E-state index in [2.05, 4.69) is 19.1 Å². The Balaban J connectivity index is 0.00000155. The molecule has 6 nitrogen and oxygen atoms in total. The molecule has 2 aromatic carbocycles. The van der Waals surface area contributed by atoms with Crippen molar-refractivity contribution >= 4 is 17.4 Å². The molecule has 1 aliphatic rings. The molecule has 164 valence electrons. The van der Waals surface area contributed by atoms with Crippen LogP contribution in [0.15, 0.2) is 35.2 Å². The highest BCUT2D eigenvalue weighted by atomic mass is 32.2. The molecule has 0 atom stereocenters. The second-order valence-electron chi connectivity index (χ2n) is 6.57. The third-order valence-electron chi connectivity index (χ3n) is 4.54. The van der Waals surface area contributed by atoms with Crippen molar-refractivity contribution in [1.29, 1.82) is 0 Å². The van der Waals surface area contributed by atoms with Gasteiger partial charge in [0.05, 0.1) is 30.1 Å². The van der Waals surface area contributed by atoms with Gasteiger partial charge in [-0.1, -0.05) is 26.8 Å². The summed E-state index contributed by atoms with van der Waals surface area (Å²) < 4.78 is 16.8. The number of aryl methyl sites for hydroxylation is 2. The summed E-state index contributed by atoms with van der Waals surface area (Å²) in [5.41, 5.74) is 2.05. The van der Waals surface area contributed by atoms with E-state index in [0.717, 1.165) is 65.6 Å². The van der Waals surface area contributed by atoms with Crippen LogP contribution < -0.4 is 14.2 Å². The van der Waals surface area contributed by atoms with Gasteiger partial charge >= 0.3 is 5.69 Å². The summed E-state index contributed by atoms with van der Waals surface area (Å²) in [4.78, 5) is 11.9. The summed E-state index contributed by atoms with van der Waals surface area (Å²) in [6.07, 6.45) is 3.37. The Kier molecular flexibility index (Phi) is 9.80. The molecule has 1 heterocycles. The third kappa shape index (κ3) is 6.29. The number of benzene rings is 2. The lowest BCUT2D eigenvalue weighted by Gasteiger charge is -2.20. The van der Waals surface area contributed by atoms with Gasteiger partial charge in [0.1, 0.15) is 11.5 Å². The first-order valence-electron chi connectivity index (χ1n) is 10.5. The quantitative estimate of drug-likeness (QED) is 0.353. The van der Waals surface area contributed by atoms with Crippen molar-refractivity contribution in [2.24, 2.45) is 0 Å². The van der Waals surface area contributed by atoms with Crippen LogP contribution in [0.25, 0.3) is 0 Å². The van der Waals surface area contributed by atoms with Gasteiger partial charge in [0.25, 0.3) is 0 Å². The molecule has 30 heavy (non-hydrogen) atoms. The van der Waals surface area contributed by atoms with Crippen LogP contribution >= 0.6 is 11.8 Å². The average molecular weight is 434 g/mol. The highest BCUT2D eigenvalue weighted by Gasteiger charge is 2.17. The minimum absolute atomic E-state index is 0.00572. The second-order valence-corrected chi connectivity index (χ2v) is 7.71. The molecule has 1 aliphatic heterocycles. The Morgan fingerprint density at radius 2 is 1.97 bits per heavy atom. The van der Waals surface area contributed by atoms with Crippen molar-refractivity contribution in [2.75, 3.05) is 26.1 Å². The lowest BCUT2D eigenvalue weighted by molar-refractivity contribution is -0.385. The number of hydrogen-bond donors (Lipinski definition) is 0. The predicted octanol–water partition coefficient (Wildman–Crippen LogP) is 6.08. The summed E-state index contributed by atoms with van der Waals surface area (Å²) in [7, 11) is 1.44. The number of fused-ring (bicyclic) bond motifs is 1. The molecular weight excluding hydrogens is 402 g/mol. The minimum atomic E-state index is -0.405. The highest BCUT2D eigenvalue weighted by molar-refractivity contribution is 7.99. The van der Waals surface area contributed by atoms with E-state index in [0.29, 0.717) is 6.61 Å². The fraction of sp³-hybridized carbons (Fsp3) is 0.478. The van der Waals surface area contributed by atoms with Gasteiger partial charge in [0, 0.05) is 11.8 Å². The maximum Gasteiger partial charge on any atom is 0.311 e. The molecule has 2 aromatic rings. The average Bonchev–Trinajstić information content (AvgIpc) is 2.78. The van der Waals surface area contributed by atoms with E-state index in [4.69, 9.17) is 14.2 Å². The maximum atomic E-state index is 11.2. The molecule has 0 spiro atoms. The Morgan fingerprint density at radius 1 is 1.17 bits per heavy atom. The van der Waals surface area contributed by atoms with Crippen molar-refractivity contribution in [1.82, 2.24) is 0 Å². The maximum absolute atomic E-state index is 11.2. The van der Waals surface area contributed by atoms with E-state index in [1.54, 1.807) is 23.9 Å². The molecule has 0 fully saturated rings. The predicted molar refractivity (Wildman–Crippen MR) is 121 cm³/mol. The number of nitro benzene ring substituents is 1. The smallest absolute Gasteiger partial charge is 0.311 e. The fourth-order valence-corrected chi connectivity index (χ4v) is 4.01. The number of nitro groups is 1. The zero-order valence-corrected chi connectivity index (χ0v) is 19.0. The van der Waals surface area contributed by atoms with Crippen LogP contribution in [0.2, 0.25) is 0 Å². The molecule has 3 rings (SSSR count). The number of hydrogen-bond acceptors (Lipinski definition) is 6. The monoisotopic (exact) mass is 433 g/mol. The van der Waals surface area contributed by atoms with Crippen LogP contribution in [0, 0.1) is 10.1 Å². The van der Waals surface area contributed by atoms with E-state index in [-0.39, 0.29) is 11.4 Å². The first-order valence-corrected chi connectivity index (χ1v) is 11.5. The van der Waals surface area contributed by atoms with Gasteiger partial charge in [-0.15, -0.1) is 11.8 Å². The molecular formula is C23H31NO5S. The molecule has 0 aliphatic carbocycles. The summed E-state index contributed by atoms with van der Waals surface area (Å²) in [5, 5.41) is 11.2. The van der Waals surface area contributed by atoms with E-state index >= 15 is 0 Å². The van der Waals surface area contributed by atoms with Crippen LogP contribution in [-0.2, 0) is 12.8 Å². The van der Waals surface area contributed by atoms with E-state index in [1.807, 2.05) is 19.9 Å². The largest absolute Gasteiger partial charge is 0.493 e. The second kappa shape index (κ2) is 12.3. The molecule has 0 radical (unpaired) electrons. The number of ether oxygens (including phenoxy) is 3. The van der Waals surface area contributed by atoms with Crippen LogP contribution in [0.4, 0.5) is 5.69 Å². The van der Waals surface area contributed by atoms with Gasteiger partial charge in [-0.2, -0.15) is 0 Å². The van der Waals surface area contributed by atoms with Crippen molar-refractivity contribution in [3.63, 3.8) is 0 Å². The highest BCUT2D eigenvalue weighted by Crippen LogP contribution is 2.39. The number of thioether (sulfide) groups is 1. The van der Waals surface area contributed by atoms with Crippen LogP contribution in [0.5, 0.6) is 17.2 Å². The topological polar surface area (TPSA) is 70.8 Å². The Hall–Kier alpha value is -2.41. The first-order chi connectivity index (χ1) is 14.6. The summed E-state index contributed by atoms with van der Waals surface area (Å²) in [6.45, 7) is 7.50. The van der Waals surface area contributed by atoms with E-state index in [9.17, 15) is 10.1 Å². The van der Waals surface area contributed by atoms with Gasteiger partial charge in [-0.25, -0.2) is 0 Å². The summed E-state index contributed by atoms with van der Waals surface area (Å²) >= 11 is 1.79. The van der Waals surface area contributed by atoms with E-state index < -0.39 is 4.92 Å². The molecule has 0 N–H and O–H groups in total. The number of methoxy groups -OCH3 is 1. The standard InChI is InChI=1S/C21H25NO5S.C2H6/c1-3-9-26-19-14-21-20(27-10-11-28-21)13-16(19)6-4-5-15-7-8-18(25-2)17(12-15)22(23)24;1-2/h7-8,12-14H,3-6,9-11H2,1-2H3;1-2H3. The lowest BCUT2D eigenvalue weighted by atomic mass is 10.0. The first kappa shape index (κ1) is 23.9. The SMILES string of the molecule is CC.CCCOc1cc2c(cc1CCCc1ccc(OC)c([N+](=O)[O-])c1)OCCS2. The zero-order chi connectivity index (χ0) is 21.9. The molecule has 0 amide bonds. The van der Waals surface area contributed by atoms with Gasteiger partial charge < -0.3 is 14.2 Å². The third-order valence-corrected chi connectivity index (χ3v) is 5.54. The van der Waals surface area contributed by atoms with Gasteiger partial charge in [0.15, 0.2) is 5.75 Å². The molecule has 0 saturated carbocycles. The normalized spacial score (nSPS) is 12.1. The molecule has 0 bridgehead atoms. The van der Waals surface area contributed by atoms with Gasteiger partial charge in [-0.3, -0.25) is 10.1 Å². The van der Waals surface area contributed by atoms with Crippen molar-refractivity contribution in [3.05, 3.63) is 51.6 Å². The zero-order valence-electron chi connectivity index (χ0n) is 18.2. The lowest BCUT2D eigenvalue weighted by Crippen LogP contribution is -2.08. The number of nitrogens with zero attached hydrogens (tertiary/aromatic N) is 1. The molecule has 0 aromatic heterocycles. The van der Waals surface area contributed by atoms with Crippen molar-refractivity contribution < 1.29 is 19.1 Å². The van der Waals surface area contributed by atoms with Crippen LogP contribution in [-0.4, -0.2) is 31.0 Å². The Labute approximate surface area is 183 Å². The number of rotatable bonds is 9. The Bertz CT molecular complexity index is 841. The minimum Gasteiger partial charge on any atom is -0.493 e. The molecule has 0 unspecified atom stereocenters. The van der Waals surface area contributed by atoms with Gasteiger partial charge in [-0.05, 0) is 55.0 Å². The van der Waals surface area contributed by atoms with Crippen molar-refractivity contribution in [2.45, 2.75) is 51.3 Å². The fourth-order valence-electron chi connectivity index (χ4n) is 3.17. The van der Waals surface area contributed by atoms with Gasteiger partial charge in [0.2, 0.25) is 0 Å². The molecule has 0 saturated heterocycles. The van der Waals surface area contributed by atoms with E-state index in [1.165, 1.54) is 7.11 Å². The molecule has 7 heteroatoms. The van der Waals surface area contributed by atoms with Crippen molar-refractivity contribution in [3.8, 4) is 17.2 Å². The summed E-state index contributed by atoms with van der Waals surface area (Å²) in [5.74, 6) is 3.08. The Morgan fingerprint density at radius 3 is 2.67 bits per heavy atom. The van der Waals surface area contributed by atoms with Crippen LogP contribution in [0.1, 0.15) is 44.7 Å².